The van der Waals surface area contributed by atoms with E-state index in [4.69, 9.17) is 26.2 Å². The lowest BCUT2D eigenvalue weighted by atomic mass is 9.95. The van der Waals surface area contributed by atoms with Crippen molar-refractivity contribution in [3.05, 3.63) is 50.9 Å². The molecule has 0 N–H and O–H groups in total. The number of hydrogen-bond acceptors (Lipinski definition) is 5. The molecular weight excluding hydrogens is 406 g/mol. The molecule has 0 saturated carbocycles. The van der Waals surface area contributed by atoms with E-state index in [0.29, 0.717) is 27.7 Å². The Hall–Kier alpha value is -2.80. The summed E-state index contributed by atoms with van der Waals surface area (Å²) in [4.78, 5) is 25.7. The summed E-state index contributed by atoms with van der Waals surface area (Å²) in [5, 5.41) is 5.09. The highest BCUT2D eigenvalue weighted by molar-refractivity contribution is 6.33. The van der Waals surface area contributed by atoms with E-state index in [1.807, 2.05) is 13.0 Å². The van der Waals surface area contributed by atoms with Crippen molar-refractivity contribution < 1.29 is 14.3 Å². The van der Waals surface area contributed by atoms with Crippen LogP contribution in [0.5, 0.6) is 5.75 Å². The van der Waals surface area contributed by atoms with Crippen molar-refractivity contribution in [1.82, 2.24) is 14.2 Å². The van der Waals surface area contributed by atoms with Crippen molar-refractivity contribution >= 4 is 23.1 Å². The number of nitrogens with zero attached hydrogens (tertiary/aromatic N) is 3. The molecule has 0 aliphatic carbocycles. The highest BCUT2D eigenvalue weighted by Gasteiger charge is 2.23. The van der Waals surface area contributed by atoms with Gasteiger partial charge in [0.05, 0.1) is 19.2 Å². The van der Waals surface area contributed by atoms with Crippen LogP contribution in [0.1, 0.15) is 43.9 Å². The highest BCUT2D eigenvalue weighted by Crippen LogP contribution is 2.32. The lowest BCUT2D eigenvalue weighted by molar-refractivity contribution is -0.141. The molecule has 0 aliphatic rings. The largest absolute Gasteiger partial charge is 0.497 e. The molecule has 0 spiro atoms. The van der Waals surface area contributed by atoms with Crippen molar-refractivity contribution in [2.75, 3.05) is 14.2 Å². The number of carbonyl (C=O) groups is 1. The molecule has 0 saturated heterocycles. The van der Waals surface area contributed by atoms with E-state index in [1.165, 1.54) is 11.7 Å². The standard InChI is InChI=1S/C22H26ClN3O4/c1-6-14(7-2)17-10-13(3)26-20(17)22(28)25(12-19(27)30-5)21(24-26)16-9-8-15(29-4)11-18(16)23/h8-11,14H,6-7,12H2,1-5H3. The molecular formula is C22H26ClN3O4. The van der Waals surface area contributed by atoms with Crippen LogP contribution in [0, 0.1) is 6.92 Å². The number of halogens is 1. The van der Waals surface area contributed by atoms with Gasteiger partial charge < -0.3 is 9.47 Å². The molecule has 8 heteroatoms. The zero-order valence-electron chi connectivity index (χ0n) is 17.9. The number of fused-ring (bicyclic) bond motifs is 1. The summed E-state index contributed by atoms with van der Waals surface area (Å²) in [6.07, 6.45) is 1.80. The molecule has 0 atom stereocenters. The third-order valence-corrected chi connectivity index (χ3v) is 5.75. The number of benzene rings is 1. The van der Waals surface area contributed by atoms with Crippen LogP contribution in [0.15, 0.2) is 29.1 Å². The summed E-state index contributed by atoms with van der Waals surface area (Å²) in [6.45, 7) is 5.84. The number of hydrogen-bond donors (Lipinski definition) is 0. The maximum absolute atomic E-state index is 13.6. The smallest absolute Gasteiger partial charge is 0.325 e. The molecule has 0 fully saturated rings. The van der Waals surface area contributed by atoms with Gasteiger partial charge in [-0.25, -0.2) is 4.52 Å². The molecule has 0 unspecified atom stereocenters. The Labute approximate surface area is 180 Å². The zero-order valence-corrected chi connectivity index (χ0v) is 18.6. The molecule has 1 aromatic carbocycles. The SMILES string of the molecule is CCC(CC)c1cc(C)n2nc(-c3ccc(OC)cc3Cl)n(CC(=O)OC)c(=O)c12. The fourth-order valence-electron chi connectivity index (χ4n) is 3.75. The van der Waals surface area contributed by atoms with Gasteiger partial charge in [0.1, 0.15) is 17.8 Å². The predicted octanol–water partition coefficient (Wildman–Crippen LogP) is 4.21. The summed E-state index contributed by atoms with van der Waals surface area (Å²) in [7, 11) is 2.84. The van der Waals surface area contributed by atoms with Gasteiger partial charge in [-0.1, -0.05) is 25.4 Å². The molecule has 2 heterocycles. The molecule has 0 aliphatic heterocycles. The number of rotatable bonds is 7. The van der Waals surface area contributed by atoms with Crippen molar-refractivity contribution in [2.45, 2.75) is 46.1 Å². The van der Waals surface area contributed by atoms with E-state index < -0.39 is 5.97 Å². The zero-order chi connectivity index (χ0) is 22.0. The van der Waals surface area contributed by atoms with Gasteiger partial charge in [-0.05, 0) is 55.5 Å². The third-order valence-electron chi connectivity index (χ3n) is 5.44. The molecule has 3 rings (SSSR count). The van der Waals surface area contributed by atoms with Crippen molar-refractivity contribution in [3.8, 4) is 17.1 Å². The molecule has 0 radical (unpaired) electrons. The average molecular weight is 432 g/mol. The second kappa shape index (κ2) is 8.92. The van der Waals surface area contributed by atoms with Crippen LogP contribution in [0.3, 0.4) is 0 Å². The summed E-state index contributed by atoms with van der Waals surface area (Å²) in [6, 6.07) is 7.11. The lowest BCUT2D eigenvalue weighted by Crippen LogP contribution is -2.30. The number of ether oxygens (including phenoxy) is 2. The van der Waals surface area contributed by atoms with Gasteiger partial charge in [0.15, 0.2) is 5.82 Å². The molecule has 160 valence electrons. The normalized spacial score (nSPS) is 11.3. The van der Waals surface area contributed by atoms with Crippen molar-refractivity contribution in [1.29, 1.82) is 0 Å². The Morgan fingerprint density at radius 2 is 1.90 bits per heavy atom. The summed E-state index contributed by atoms with van der Waals surface area (Å²) in [5.41, 5.74) is 2.50. The Bertz CT molecular complexity index is 1150. The van der Waals surface area contributed by atoms with Gasteiger partial charge in [0.2, 0.25) is 0 Å². The van der Waals surface area contributed by atoms with Crippen molar-refractivity contribution in [2.24, 2.45) is 0 Å². The fraction of sp³-hybridized carbons (Fsp3) is 0.409. The summed E-state index contributed by atoms with van der Waals surface area (Å²) >= 11 is 6.47. The van der Waals surface area contributed by atoms with Crippen LogP contribution in [0.4, 0.5) is 0 Å². The van der Waals surface area contributed by atoms with E-state index in [-0.39, 0.29) is 18.0 Å². The lowest BCUT2D eigenvalue weighted by Gasteiger charge is -2.16. The second-order valence-electron chi connectivity index (χ2n) is 7.15. The first-order valence-corrected chi connectivity index (χ1v) is 10.3. The first-order chi connectivity index (χ1) is 14.4. The van der Waals surface area contributed by atoms with Gasteiger partial charge in [0, 0.05) is 11.3 Å². The first-order valence-electron chi connectivity index (χ1n) is 9.89. The van der Waals surface area contributed by atoms with Crippen LogP contribution < -0.4 is 10.3 Å². The number of esters is 1. The van der Waals surface area contributed by atoms with Crippen LogP contribution in [0.25, 0.3) is 16.9 Å². The maximum Gasteiger partial charge on any atom is 0.325 e. The summed E-state index contributed by atoms with van der Waals surface area (Å²) < 4.78 is 13.0. The van der Waals surface area contributed by atoms with E-state index in [1.54, 1.807) is 29.8 Å². The minimum absolute atomic E-state index is 0.227. The Kier molecular flexibility index (Phi) is 6.51. The Morgan fingerprint density at radius 1 is 1.20 bits per heavy atom. The molecule has 0 amide bonds. The van der Waals surface area contributed by atoms with Gasteiger partial charge in [-0.2, -0.15) is 0 Å². The Morgan fingerprint density at radius 3 is 2.47 bits per heavy atom. The Balaban J connectivity index is 2.37. The van der Waals surface area contributed by atoms with Gasteiger partial charge >= 0.3 is 5.97 Å². The fourth-order valence-corrected chi connectivity index (χ4v) is 4.01. The van der Waals surface area contributed by atoms with E-state index in [9.17, 15) is 9.59 Å². The number of aryl methyl sites for hydroxylation is 1. The molecule has 0 bridgehead atoms. The van der Waals surface area contributed by atoms with Gasteiger partial charge in [0.25, 0.3) is 5.56 Å². The maximum atomic E-state index is 13.6. The highest BCUT2D eigenvalue weighted by atomic mass is 35.5. The third kappa shape index (κ3) is 3.81. The van der Waals surface area contributed by atoms with Crippen LogP contribution >= 0.6 is 11.6 Å². The van der Waals surface area contributed by atoms with E-state index in [2.05, 4.69) is 13.8 Å². The van der Waals surface area contributed by atoms with Crippen molar-refractivity contribution in [3.63, 3.8) is 0 Å². The number of methoxy groups -OCH3 is 2. The molecule has 2 aromatic heterocycles. The van der Waals surface area contributed by atoms with Crippen LogP contribution in [-0.4, -0.2) is 34.4 Å². The van der Waals surface area contributed by atoms with E-state index >= 15 is 0 Å². The molecule has 30 heavy (non-hydrogen) atoms. The minimum atomic E-state index is -0.540. The molecule has 7 nitrogen and oxygen atoms in total. The molecule has 3 aromatic rings. The summed E-state index contributed by atoms with van der Waals surface area (Å²) in [5.74, 6) is 0.562. The number of carbonyl (C=O) groups excluding carboxylic acids is 1. The first kappa shape index (κ1) is 21.9. The van der Waals surface area contributed by atoms with Crippen LogP contribution in [0.2, 0.25) is 5.02 Å². The second-order valence-corrected chi connectivity index (χ2v) is 7.56. The monoisotopic (exact) mass is 431 g/mol. The average Bonchev–Trinajstić information content (AvgIpc) is 3.07. The van der Waals surface area contributed by atoms with Gasteiger partial charge in [-0.15, -0.1) is 5.10 Å². The van der Waals surface area contributed by atoms with Gasteiger partial charge in [-0.3, -0.25) is 14.2 Å². The number of aromatic nitrogens is 3. The minimum Gasteiger partial charge on any atom is -0.497 e. The predicted molar refractivity (Wildman–Crippen MR) is 117 cm³/mol. The quantitative estimate of drug-likeness (QED) is 0.524. The van der Waals surface area contributed by atoms with Crippen LogP contribution in [-0.2, 0) is 16.1 Å². The topological polar surface area (TPSA) is 74.8 Å². The van der Waals surface area contributed by atoms with E-state index in [0.717, 1.165) is 24.1 Å².